The molecule has 4 N–H and O–H groups in total. The molecule has 0 unspecified atom stereocenters. The van der Waals surface area contributed by atoms with Crippen LogP contribution in [0, 0.1) is 0 Å². The lowest BCUT2D eigenvalue weighted by Gasteiger charge is -2.39. The predicted molar refractivity (Wildman–Crippen MR) is 50.0 cm³/mol. The molecule has 1 aliphatic heterocycles. The largest absolute Gasteiger partial charge is 0.394 e. The molecule has 0 amide bonds. The first-order chi connectivity index (χ1) is 7.11. The quantitative estimate of drug-likeness (QED) is 0.448. The van der Waals surface area contributed by atoms with E-state index in [-0.39, 0.29) is 0 Å². The van der Waals surface area contributed by atoms with Crippen molar-refractivity contribution in [2.24, 2.45) is 0 Å². The Morgan fingerprint density at radius 2 is 1.80 bits per heavy atom. The monoisotopic (exact) mass is 222 g/mol. The summed E-state index contributed by atoms with van der Waals surface area (Å²) in [5.41, 5.74) is 0. The van der Waals surface area contributed by atoms with E-state index in [1.165, 1.54) is 0 Å². The summed E-state index contributed by atoms with van der Waals surface area (Å²) < 4.78 is 10.2. The zero-order chi connectivity index (χ0) is 11.4. The van der Waals surface area contributed by atoms with E-state index < -0.39 is 37.3 Å². The zero-order valence-corrected chi connectivity index (χ0v) is 8.61. The van der Waals surface area contributed by atoms with Gasteiger partial charge in [0.15, 0.2) is 6.29 Å². The highest BCUT2D eigenvalue weighted by molar-refractivity contribution is 4.88. The molecule has 6 nitrogen and oxygen atoms in total. The summed E-state index contributed by atoms with van der Waals surface area (Å²) in [6.07, 6.45) is -5.14. The van der Waals surface area contributed by atoms with Crippen molar-refractivity contribution in [3.63, 3.8) is 0 Å². The molecule has 1 heterocycles. The fourth-order valence-electron chi connectivity index (χ4n) is 1.44. The van der Waals surface area contributed by atoms with Crippen molar-refractivity contribution in [2.45, 2.75) is 44.1 Å². The highest BCUT2D eigenvalue weighted by Crippen LogP contribution is 2.21. The fraction of sp³-hybridized carbons (Fsp3) is 1.00. The van der Waals surface area contributed by atoms with Crippen LogP contribution in [0.5, 0.6) is 0 Å². The van der Waals surface area contributed by atoms with Gasteiger partial charge in [-0.05, 0) is 6.42 Å². The summed E-state index contributed by atoms with van der Waals surface area (Å²) >= 11 is 0. The van der Waals surface area contributed by atoms with Crippen molar-refractivity contribution in [1.29, 1.82) is 0 Å². The van der Waals surface area contributed by atoms with Crippen LogP contribution in [0.2, 0.25) is 0 Å². The molecule has 1 rings (SSSR count). The Kier molecular flexibility index (Phi) is 4.91. The van der Waals surface area contributed by atoms with Crippen molar-refractivity contribution in [2.75, 3.05) is 13.2 Å². The van der Waals surface area contributed by atoms with Crippen LogP contribution in [0.3, 0.4) is 0 Å². The van der Waals surface area contributed by atoms with E-state index in [1.807, 2.05) is 6.92 Å². The molecule has 1 saturated heterocycles. The highest BCUT2D eigenvalue weighted by Gasteiger charge is 2.43. The van der Waals surface area contributed by atoms with Crippen LogP contribution in [0.4, 0.5) is 0 Å². The Labute approximate surface area is 88.1 Å². The minimum atomic E-state index is -1.36. The van der Waals surface area contributed by atoms with E-state index in [0.717, 1.165) is 6.42 Å². The maximum atomic E-state index is 9.51. The smallest absolute Gasteiger partial charge is 0.186 e. The number of hydrogen-bond donors (Lipinski definition) is 4. The van der Waals surface area contributed by atoms with E-state index in [1.54, 1.807) is 0 Å². The molecule has 90 valence electrons. The molecule has 0 aliphatic carbocycles. The number of aliphatic hydroxyl groups excluding tert-OH is 4. The molecule has 6 heteroatoms. The lowest BCUT2D eigenvalue weighted by Crippen LogP contribution is -2.59. The number of rotatable bonds is 4. The van der Waals surface area contributed by atoms with Crippen LogP contribution >= 0.6 is 0 Å². The molecular formula is C9H18O6. The van der Waals surface area contributed by atoms with Crippen molar-refractivity contribution < 1.29 is 29.9 Å². The van der Waals surface area contributed by atoms with E-state index in [4.69, 9.17) is 14.6 Å². The van der Waals surface area contributed by atoms with Gasteiger partial charge in [-0.2, -0.15) is 0 Å². The molecule has 0 radical (unpaired) electrons. The van der Waals surface area contributed by atoms with Gasteiger partial charge in [0, 0.05) is 6.61 Å². The molecular weight excluding hydrogens is 204 g/mol. The second-order valence-corrected chi connectivity index (χ2v) is 3.57. The number of hydrogen-bond acceptors (Lipinski definition) is 6. The Bertz CT molecular complexity index is 185. The fourth-order valence-corrected chi connectivity index (χ4v) is 1.44. The van der Waals surface area contributed by atoms with Gasteiger partial charge in [-0.1, -0.05) is 6.92 Å². The summed E-state index contributed by atoms with van der Waals surface area (Å²) in [6, 6.07) is 0. The van der Waals surface area contributed by atoms with Crippen LogP contribution in [-0.2, 0) is 9.47 Å². The Hall–Kier alpha value is -0.240. The topological polar surface area (TPSA) is 99.4 Å². The van der Waals surface area contributed by atoms with Crippen molar-refractivity contribution in [3.05, 3.63) is 0 Å². The van der Waals surface area contributed by atoms with Crippen LogP contribution in [0.25, 0.3) is 0 Å². The summed E-state index contributed by atoms with van der Waals surface area (Å²) in [5.74, 6) is 0. The molecule has 0 aromatic heterocycles. The van der Waals surface area contributed by atoms with Crippen LogP contribution < -0.4 is 0 Å². The molecule has 0 saturated carbocycles. The number of aliphatic hydroxyl groups is 4. The van der Waals surface area contributed by atoms with Gasteiger partial charge in [0.05, 0.1) is 6.61 Å². The standard InChI is InChI=1S/C9H18O6/c1-2-3-14-9-8(13)7(12)6(11)5(4-10)15-9/h5-13H,2-4H2,1H3/t5-,6-,7+,8+,9-/m1/s1. The second kappa shape index (κ2) is 5.74. The average Bonchev–Trinajstić information content (AvgIpc) is 2.25. The van der Waals surface area contributed by atoms with E-state index >= 15 is 0 Å². The van der Waals surface area contributed by atoms with E-state index in [9.17, 15) is 15.3 Å². The second-order valence-electron chi connectivity index (χ2n) is 3.57. The third-order valence-electron chi connectivity index (χ3n) is 2.33. The number of ether oxygens (including phenoxy) is 2. The van der Waals surface area contributed by atoms with Crippen molar-refractivity contribution in [3.8, 4) is 0 Å². The first-order valence-electron chi connectivity index (χ1n) is 5.04. The Balaban J connectivity index is 2.57. The Morgan fingerprint density at radius 3 is 2.33 bits per heavy atom. The van der Waals surface area contributed by atoms with Gasteiger partial charge in [0.1, 0.15) is 24.4 Å². The predicted octanol–water partition coefficient (Wildman–Crippen LogP) is -1.79. The third-order valence-corrected chi connectivity index (χ3v) is 2.33. The molecule has 0 spiro atoms. The molecule has 0 aromatic rings. The normalized spacial score (nSPS) is 41.8. The van der Waals surface area contributed by atoms with Gasteiger partial charge in [-0.25, -0.2) is 0 Å². The van der Waals surface area contributed by atoms with Crippen molar-refractivity contribution in [1.82, 2.24) is 0 Å². The molecule has 0 bridgehead atoms. The summed E-state index contributed by atoms with van der Waals surface area (Å²) in [6.45, 7) is 1.84. The molecule has 5 atom stereocenters. The molecule has 1 aliphatic rings. The first kappa shape index (κ1) is 12.8. The summed E-state index contributed by atoms with van der Waals surface area (Å²) in [5, 5.41) is 37.2. The van der Waals surface area contributed by atoms with Gasteiger partial charge in [-0.15, -0.1) is 0 Å². The summed E-state index contributed by atoms with van der Waals surface area (Å²) in [4.78, 5) is 0. The van der Waals surface area contributed by atoms with Gasteiger partial charge in [-0.3, -0.25) is 0 Å². The molecule has 1 fully saturated rings. The van der Waals surface area contributed by atoms with Gasteiger partial charge < -0.3 is 29.9 Å². The average molecular weight is 222 g/mol. The minimum absolute atomic E-state index is 0.378. The van der Waals surface area contributed by atoms with E-state index in [0.29, 0.717) is 6.61 Å². The lowest BCUT2D eigenvalue weighted by molar-refractivity contribution is -0.300. The lowest BCUT2D eigenvalue weighted by atomic mass is 9.99. The van der Waals surface area contributed by atoms with Crippen LogP contribution in [0.15, 0.2) is 0 Å². The van der Waals surface area contributed by atoms with Crippen molar-refractivity contribution >= 4 is 0 Å². The third kappa shape index (κ3) is 2.87. The van der Waals surface area contributed by atoms with Gasteiger partial charge >= 0.3 is 0 Å². The SMILES string of the molecule is CCCO[C@@H]1O[C@H](CO)[C@@H](O)[C@H](O)[C@@H]1O. The Morgan fingerprint density at radius 1 is 1.13 bits per heavy atom. The van der Waals surface area contributed by atoms with Crippen LogP contribution in [0.1, 0.15) is 13.3 Å². The maximum Gasteiger partial charge on any atom is 0.186 e. The molecule has 0 aromatic carbocycles. The minimum Gasteiger partial charge on any atom is -0.394 e. The first-order valence-corrected chi connectivity index (χ1v) is 5.04. The maximum absolute atomic E-state index is 9.51. The zero-order valence-electron chi connectivity index (χ0n) is 8.61. The van der Waals surface area contributed by atoms with Gasteiger partial charge in [0.25, 0.3) is 0 Å². The molecule has 15 heavy (non-hydrogen) atoms. The van der Waals surface area contributed by atoms with E-state index in [2.05, 4.69) is 0 Å². The highest BCUT2D eigenvalue weighted by atomic mass is 16.7. The summed E-state index contributed by atoms with van der Waals surface area (Å²) in [7, 11) is 0. The van der Waals surface area contributed by atoms with Crippen LogP contribution in [-0.4, -0.2) is 64.3 Å². The van der Waals surface area contributed by atoms with Gasteiger partial charge in [0.2, 0.25) is 0 Å².